The van der Waals surface area contributed by atoms with Gasteiger partial charge >= 0.3 is 0 Å². The molecule has 4 aromatic rings. The first-order chi connectivity index (χ1) is 14.0. The number of carbonyl (C=O) groups excluding carboxylic acids is 2. The van der Waals surface area contributed by atoms with E-state index >= 15 is 0 Å². The molecule has 0 aliphatic carbocycles. The Morgan fingerprint density at radius 3 is 2.86 bits per heavy atom. The summed E-state index contributed by atoms with van der Waals surface area (Å²) in [7, 11) is 1.56. The minimum absolute atomic E-state index is 0.245. The Bertz CT molecular complexity index is 1240. The summed E-state index contributed by atoms with van der Waals surface area (Å²) in [6.07, 6.45) is 0. The zero-order chi connectivity index (χ0) is 20.5. The Morgan fingerprint density at radius 1 is 1.28 bits per heavy atom. The summed E-state index contributed by atoms with van der Waals surface area (Å²) in [5.41, 5.74) is 1.66. The van der Waals surface area contributed by atoms with Gasteiger partial charge in [-0.15, -0.1) is 0 Å². The minimum atomic E-state index is -0.779. The molecule has 0 spiro atoms. The number of carbonyl (C=O) groups is 2. The van der Waals surface area contributed by atoms with Crippen LogP contribution in [0.1, 0.15) is 17.4 Å². The van der Waals surface area contributed by atoms with E-state index in [0.717, 1.165) is 14.7 Å². The van der Waals surface area contributed by atoms with E-state index < -0.39 is 11.9 Å². The molecule has 0 aliphatic rings. The maximum absolute atomic E-state index is 12.6. The first-order valence-electron chi connectivity index (χ1n) is 8.65. The molecule has 0 fully saturated rings. The number of aromatic amines is 1. The van der Waals surface area contributed by atoms with Crippen LogP contribution in [-0.2, 0) is 4.79 Å². The highest BCUT2D eigenvalue weighted by Gasteiger charge is 2.21. The first kappa shape index (κ1) is 19.3. The van der Waals surface area contributed by atoms with Crippen molar-refractivity contribution in [2.24, 2.45) is 0 Å². The number of anilines is 1. The number of fused-ring (bicyclic) bond motifs is 2. The van der Waals surface area contributed by atoms with Crippen molar-refractivity contribution in [2.75, 3.05) is 12.4 Å². The molecule has 1 unspecified atom stereocenters. The number of methoxy groups -OCH3 is 1. The normalized spacial score (nSPS) is 12.1. The number of amides is 2. The number of hydrogen-bond donors (Lipinski definition) is 3. The number of halogens is 1. The molecule has 10 heteroatoms. The summed E-state index contributed by atoms with van der Waals surface area (Å²) in [4.78, 5) is 29.5. The SMILES string of the molecule is COc1cc(Br)cc2sc(NC(=O)C(C)NC(=O)c3n[nH]c4ccccc34)nc12. The van der Waals surface area contributed by atoms with Crippen molar-refractivity contribution in [2.45, 2.75) is 13.0 Å². The third-order valence-electron chi connectivity index (χ3n) is 4.30. The third-order valence-corrected chi connectivity index (χ3v) is 5.68. The van der Waals surface area contributed by atoms with E-state index in [1.54, 1.807) is 20.1 Å². The average molecular weight is 474 g/mol. The molecule has 2 aromatic heterocycles. The van der Waals surface area contributed by atoms with Gasteiger partial charge in [-0.25, -0.2) is 4.98 Å². The zero-order valence-corrected chi connectivity index (χ0v) is 17.8. The predicted octanol–water partition coefficient (Wildman–Crippen LogP) is 3.70. The highest BCUT2D eigenvalue weighted by molar-refractivity contribution is 9.10. The van der Waals surface area contributed by atoms with Gasteiger partial charge in [0.1, 0.15) is 17.3 Å². The molecular weight excluding hydrogens is 458 g/mol. The quantitative estimate of drug-likeness (QED) is 0.409. The van der Waals surface area contributed by atoms with E-state index in [1.165, 1.54) is 11.3 Å². The number of ether oxygens (including phenoxy) is 1. The van der Waals surface area contributed by atoms with Crippen LogP contribution in [0, 0.1) is 0 Å². The van der Waals surface area contributed by atoms with Crippen LogP contribution in [0.2, 0.25) is 0 Å². The van der Waals surface area contributed by atoms with E-state index in [-0.39, 0.29) is 11.6 Å². The Morgan fingerprint density at radius 2 is 2.07 bits per heavy atom. The van der Waals surface area contributed by atoms with Crippen molar-refractivity contribution in [1.82, 2.24) is 20.5 Å². The van der Waals surface area contributed by atoms with Crippen LogP contribution >= 0.6 is 27.3 Å². The molecule has 148 valence electrons. The van der Waals surface area contributed by atoms with Crippen molar-refractivity contribution in [3.05, 3.63) is 46.6 Å². The Hall–Kier alpha value is -2.98. The van der Waals surface area contributed by atoms with Crippen LogP contribution in [0.15, 0.2) is 40.9 Å². The van der Waals surface area contributed by atoms with Crippen molar-refractivity contribution in [1.29, 1.82) is 0 Å². The second kappa shape index (κ2) is 7.80. The van der Waals surface area contributed by atoms with Gasteiger partial charge < -0.3 is 15.4 Å². The summed E-state index contributed by atoms with van der Waals surface area (Å²) < 4.78 is 7.06. The van der Waals surface area contributed by atoms with E-state index in [1.807, 2.05) is 30.3 Å². The molecule has 29 heavy (non-hydrogen) atoms. The standard InChI is InChI=1S/C19H16BrN5O3S/c1-9(21-18(27)15-11-5-3-4-6-12(11)24-25-15)17(26)23-19-22-16-13(28-2)7-10(20)8-14(16)29-19/h3-9H,1-2H3,(H,21,27)(H,24,25)(H,22,23,26). The van der Waals surface area contributed by atoms with Crippen LogP contribution < -0.4 is 15.4 Å². The van der Waals surface area contributed by atoms with E-state index in [4.69, 9.17) is 4.74 Å². The lowest BCUT2D eigenvalue weighted by Gasteiger charge is -2.12. The summed E-state index contributed by atoms with van der Waals surface area (Å²) in [5, 5.41) is 13.4. The fourth-order valence-electron chi connectivity index (χ4n) is 2.86. The second-order valence-electron chi connectivity index (χ2n) is 6.28. The molecule has 0 saturated carbocycles. The number of H-pyrrole nitrogens is 1. The molecule has 0 saturated heterocycles. The van der Waals surface area contributed by atoms with Gasteiger partial charge in [0.15, 0.2) is 10.8 Å². The highest BCUT2D eigenvalue weighted by Crippen LogP contribution is 2.35. The van der Waals surface area contributed by atoms with Gasteiger partial charge in [-0.05, 0) is 25.1 Å². The summed E-state index contributed by atoms with van der Waals surface area (Å²) >= 11 is 4.75. The fourth-order valence-corrected chi connectivity index (χ4v) is 4.37. The van der Waals surface area contributed by atoms with Gasteiger partial charge in [-0.3, -0.25) is 14.7 Å². The van der Waals surface area contributed by atoms with Crippen LogP contribution in [0.25, 0.3) is 21.1 Å². The molecule has 2 amide bonds. The molecule has 3 N–H and O–H groups in total. The van der Waals surface area contributed by atoms with Gasteiger partial charge in [-0.1, -0.05) is 45.5 Å². The van der Waals surface area contributed by atoms with E-state index in [0.29, 0.717) is 21.8 Å². The molecule has 0 radical (unpaired) electrons. The van der Waals surface area contributed by atoms with Gasteiger partial charge in [0, 0.05) is 9.86 Å². The molecule has 2 aromatic carbocycles. The van der Waals surface area contributed by atoms with Gasteiger partial charge in [0.25, 0.3) is 5.91 Å². The van der Waals surface area contributed by atoms with Gasteiger partial charge in [0.2, 0.25) is 5.91 Å². The maximum Gasteiger partial charge on any atom is 0.273 e. The largest absolute Gasteiger partial charge is 0.494 e. The lowest BCUT2D eigenvalue weighted by Crippen LogP contribution is -2.41. The molecule has 1 atom stereocenters. The lowest BCUT2D eigenvalue weighted by molar-refractivity contribution is -0.117. The van der Waals surface area contributed by atoms with Gasteiger partial charge in [-0.2, -0.15) is 5.10 Å². The van der Waals surface area contributed by atoms with E-state index in [2.05, 4.69) is 41.7 Å². The number of benzene rings is 2. The van der Waals surface area contributed by atoms with Crippen molar-refractivity contribution in [3.8, 4) is 5.75 Å². The molecule has 0 bridgehead atoms. The van der Waals surface area contributed by atoms with Crippen LogP contribution in [0.5, 0.6) is 5.75 Å². The summed E-state index contributed by atoms with van der Waals surface area (Å²) in [6, 6.07) is 10.2. The van der Waals surface area contributed by atoms with Crippen LogP contribution in [-0.4, -0.2) is 40.1 Å². The number of thiazole rings is 1. The zero-order valence-electron chi connectivity index (χ0n) is 15.4. The third kappa shape index (κ3) is 3.81. The molecule has 4 rings (SSSR count). The molecular formula is C19H16BrN5O3S. The summed E-state index contributed by atoms with van der Waals surface area (Å²) in [6.45, 7) is 1.60. The summed E-state index contributed by atoms with van der Waals surface area (Å²) in [5.74, 6) is -0.201. The number of para-hydroxylation sites is 1. The monoisotopic (exact) mass is 473 g/mol. The fraction of sp³-hybridized carbons (Fsp3) is 0.158. The number of rotatable bonds is 5. The number of nitrogens with zero attached hydrogens (tertiary/aromatic N) is 2. The smallest absolute Gasteiger partial charge is 0.273 e. The maximum atomic E-state index is 12.6. The van der Waals surface area contributed by atoms with Crippen molar-refractivity contribution < 1.29 is 14.3 Å². The topological polar surface area (TPSA) is 109 Å². The van der Waals surface area contributed by atoms with Gasteiger partial charge in [0.05, 0.1) is 17.3 Å². The van der Waals surface area contributed by atoms with Crippen molar-refractivity contribution >= 4 is 65.3 Å². The Labute approximate surface area is 177 Å². The predicted molar refractivity (Wildman–Crippen MR) is 116 cm³/mol. The molecule has 0 aliphatic heterocycles. The van der Waals surface area contributed by atoms with Crippen molar-refractivity contribution in [3.63, 3.8) is 0 Å². The lowest BCUT2D eigenvalue weighted by atomic mass is 10.2. The highest BCUT2D eigenvalue weighted by atomic mass is 79.9. The van der Waals surface area contributed by atoms with E-state index in [9.17, 15) is 9.59 Å². The second-order valence-corrected chi connectivity index (χ2v) is 8.22. The van der Waals surface area contributed by atoms with Crippen LogP contribution in [0.4, 0.5) is 5.13 Å². The number of hydrogen-bond acceptors (Lipinski definition) is 6. The minimum Gasteiger partial charge on any atom is -0.494 e. The Kier molecular flexibility index (Phi) is 5.20. The Balaban J connectivity index is 1.48. The molecule has 8 nitrogen and oxygen atoms in total. The number of nitrogens with one attached hydrogen (secondary N) is 3. The first-order valence-corrected chi connectivity index (χ1v) is 10.3. The molecule has 2 heterocycles. The number of aromatic nitrogens is 3. The van der Waals surface area contributed by atoms with Crippen LogP contribution in [0.3, 0.4) is 0 Å². The average Bonchev–Trinajstić information content (AvgIpc) is 3.30.